The molecule has 0 bridgehead atoms. The molecule has 0 spiro atoms. The van der Waals surface area contributed by atoms with Gasteiger partial charge in [0, 0.05) is 24.2 Å². The minimum atomic E-state index is 0.0492. The van der Waals surface area contributed by atoms with E-state index in [-0.39, 0.29) is 17.6 Å². The molecule has 6 heteroatoms. The summed E-state index contributed by atoms with van der Waals surface area (Å²) in [6.07, 6.45) is 2.60. The molecule has 0 radical (unpaired) electrons. The lowest BCUT2D eigenvalue weighted by molar-refractivity contribution is -0.117. The second kappa shape index (κ2) is 7.25. The Bertz CT molecular complexity index is 817. The fourth-order valence-electron chi connectivity index (χ4n) is 2.86. The molecule has 2 aliphatic heterocycles. The largest absolute Gasteiger partial charge is 0.508 e. The van der Waals surface area contributed by atoms with E-state index in [2.05, 4.69) is 10.6 Å². The molecule has 3 N–H and O–H groups in total. The summed E-state index contributed by atoms with van der Waals surface area (Å²) in [5.41, 5.74) is 3.90. The highest BCUT2D eigenvalue weighted by Crippen LogP contribution is 2.27. The van der Waals surface area contributed by atoms with E-state index in [4.69, 9.17) is 9.84 Å². The van der Waals surface area contributed by atoms with Gasteiger partial charge >= 0.3 is 0 Å². The molecule has 2 aliphatic rings. The molecule has 130 valence electrons. The maximum absolute atomic E-state index is 11.0. The van der Waals surface area contributed by atoms with Crippen LogP contribution in [0.1, 0.15) is 24.0 Å². The fraction of sp³-hybridized carbons (Fsp3) is 0.263. The van der Waals surface area contributed by atoms with Gasteiger partial charge in [0.05, 0.1) is 7.11 Å². The van der Waals surface area contributed by atoms with Crippen LogP contribution in [-0.4, -0.2) is 24.0 Å². The van der Waals surface area contributed by atoms with Crippen LogP contribution < -0.4 is 15.4 Å². The van der Waals surface area contributed by atoms with Gasteiger partial charge in [-0.15, -0.1) is 0 Å². The smallest absolute Gasteiger partial charge is 0.224 e. The van der Waals surface area contributed by atoms with Crippen molar-refractivity contribution in [2.24, 2.45) is 0 Å². The molecular weight excluding hydrogens is 320 g/mol. The van der Waals surface area contributed by atoms with Gasteiger partial charge in [0.15, 0.2) is 0 Å². The SMILES string of the molecule is COc1ccc2c(c1)CCC(=O)N2.O=C1CCc2cc(O)ccc2N1. The van der Waals surface area contributed by atoms with Crippen molar-refractivity contribution in [1.29, 1.82) is 0 Å². The maximum Gasteiger partial charge on any atom is 0.224 e. The Morgan fingerprint density at radius 2 is 1.40 bits per heavy atom. The molecule has 0 aliphatic carbocycles. The van der Waals surface area contributed by atoms with Crippen LogP contribution in [0.15, 0.2) is 36.4 Å². The number of hydrogen-bond acceptors (Lipinski definition) is 4. The zero-order valence-corrected chi connectivity index (χ0v) is 14.0. The lowest BCUT2D eigenvalue weighted by atomic mass is 10.0. The first-order valence-corrected chi connectivity index (χ1v) is 8.13. The molecule has 0 aromatic heterocycles. The van der Waals surface area contributed by atoms with E-state index >= 15 is 0 Å². The molecule has 2 amide bonds. The number of phenols is 1. The van der Waals surface area contributed by atoms with Crippen LogP contribution in [0.5, 0.6) is 11.5 Å². The van der Waals surface area contributed by atoms with Gasteiger partial charge in [0.1, 0.15) is 11.5 Å². The number of rotatable bonds is 1. The summed E-state index contributed by atoms with van der Waals surface area (Å²) in [6.45, 7) is 0. The van der Waals surface area contributed by atoms with Gasteiger partial charge < -0.3 is 20.5 Å². The Hall–Kier alpha value is -3.02. The molecule has 0 atom stereocenters. The Morgan fingerprint density at radius 1 is 0.840 bits per heavy atom. The highest BCUT2D eigenvalue weighted by atomic mass is 16.5. The molecule has 0 saturated heterocycles. The third-order valence-electron chi connectivity index (χ3n) is 4.19. The Balaban J connectivity index is 0.000000146. The van der Waals surface area contributed by atoms with Crippen LogP contribution in [0.2, 0.25) is 0 Å². The Kier molecular flexibility index (Phi) is 4.88. The van der Waals surface area contributed by atoms with Crippen LogP contribution >= 0.6 is 0 Å². The first-order chi connectivity index (χ1) is 12.0. The molecule has 0 unspecified atom stereocenters. The number of nitrogens with one attached hydrogen (secondary N) is 2. The van der Waals surface area contributed by atoms with Gasteiger partial charge in [-0.25, -0.2) is 0 Å². The molecule has 6 nitrogen and oxygen atoms in total. The predicted molar refractivity (Wildman–Crippen MR) is 95.0 cm³/mol. The van der Waals surface area contributed by atoms with Crippen molar-refractivity contribution in [3.8, 4) is 11.5 Å². The van der Waals surface area contributed by atoms with Crippen LogP contribution in [0.25, 0.3) is 0 Å². The van der Waals surface area contributed by atoms with Crippen LogP contribution in [0, 0.1) is 0 Å². The van der Waals surface area contributed by atoms with Gasteiger partial charge in [-0.1, -0.05) is 0 Å². The summed E-state index contributed by atoms with van der Waals surface area (Å²) < 4.78 is 5.09. The molecule has 0 fully saturated rings. The van der Waals surface area contributed by atoms with Crippen LogP contribution in [0.3, 0.4) is 0 Å². The summed E-state index contributed by atoms with van der Waals surface area (Å²) in [5.74, 6) is 1.24. The van der Waals surface area contributed by atoms with Crippen molar-refractivity contribution in [2.75, 3.05) is 17.7 Å². The molecule has 2 aromatic carbocycles. The van der Waals surface area contributed by atoms with E-state index in [9.17, 15) is 9.59 Å². The molecule has 2 heterocycles. The van der Waals surface area contributed by atoms with E-state index in [0.29, 0.717) is 12.8 Å². The van der Waals surface area contributed by atoms with Gasteiger partial charge in [0.25, 0.3) is 0 Å². The number of methoxy groups -OCH3 is 1. The number of aryl methyl sites for hydroxylation is 2. The highest BCUT2D eigenvalue weighted by molar-refractivity contribution is 5.94. The second-order valence-corrected chi connectivity index (χ2v) is 5.96. The maximum atomic E-state index is 11.0. The van der Waals surface area contributed by atoms with E-state index in [1.165, 1.54) is 0 Å². The summed E-state index contributed by atoms with van der Waals surface area (Å²) in [6, 6.07) is 10.7. The average molecular weight is 340 g/mol. The monoisotopic (exact) mass is 340 g/mol. The van der Waals surface area contributed by atoms with Crippen LogP contribution in [-0.2, 0) is 22.4 Å². The number of hydrogen-bond donors (Lipinski definition) is 3. The first-order valence-electron chi connectivity index (χ1n) is 8.13. The number of carbonyl (C=O) groups is 2. The molecule has 0 saturated carbocycles. The van der Waals surface area contributed by atoms with Gasteiger partial charge in [-0.3, -0.25) is 9.59 Å². The Labute approximate surface area is 145 Å². The van der Waals surface area contributed by atoms with Crippen molar-refractivity contribution in [3.05, 3.63) is 47.5 Å². The van der Waals surface area contributed by atoms with Crippen molar-refractivity contribution in [1.82, 2.24) is 0 Å². The predicted octanol–water partition coefficient (Wildman–Crippen LogP) is 2.86. The molecular formula is C19H20N2O4. The lowest BCUT2D eigenvalue weighted by Crippen LogP contribution is -2.18. The minimum absolute atomic E-state index is 0.0492. The van der Waals surface area contributed by atoms with Gasteiger partial charge in [0.2, 0.25) is 11.8 Å². The van der Waals surface area contributed by atoms with E-state index in [1.807, 2.05) is 18.2 Å². The normalized spacial score (nSPS) is 14.9. The quantitative estimate of drug-likeness (QED) is 0.697. The number of carbonyl (C=O) groups excluding carboxylic acids is 2. The third kappa shape index (κ3) is 4.09. The van der Waals surface area contributed by atoms with Gasteiger partial charge in [-0.05, 0) is 60.4 Å². The fourth-order valence-corrected chi connectivity index (χ4v) is 2.86. The van der Waals surface area contributed by atoms with Crippen molar-refractivity contribution < 1.29 is 19.4 Å². The zero-order valence-electron chi connectivity index (χ0n) is 14.0. The molecule has 25 heavy (non-hydrogen) atoms. The molecule has 4 rings (SSSR count). The van der Waals surface area contributed by atoms with E-state index in [0.717, 1.165) is 41.1 Å². The third-order valence-corrected chi connectivity index (χ3v) is 4.19. The van der Waals surface area contributed by atoms with Crippen molar-refractivity contribution in [3.63, 3.8) is 0 Å². The summed E-state index contributed by atoms with van der Waals surface area (Å²) >= 11 is 0. The van der Waals surface area contributed by atoms with Gasteiger partial charge in [-0.2, -0.15) is 0 Å². The number of amides is 2. The number of fused-ring (bicyclic) bond motifs is 2. The van der Waals surface area contributed by atoms with Crippen molar-refractivity contribution in [2.45, 2.75) is 25.7 Å². The highest BCUT2D eigenvalue weighted by Gasteiger charge is 2.15. The van der Waals surface area contributed by atoms with E-state index < -0.39 is 0 Å². The number of anilines is 2. The first kappa shape index (κ1) is 16.8. The average Bonchev–Trinajstić information content (AvgIpc) is 2.62. The topological polar surface area (TPSA) is 87.7 Å². The molecule has 2 aromatic rings. The number of benzene rings is 2. The lowest BCUT2D eigenvalue weighted by Gasteiger charge is -2.16. The number of phenolic OH excluding ortho intramolecular Hbond substituents is 1. The van der Waals surface area contributed by atoms with Crippen LogP contribution in [0.4, 0.5) is 11.4 Å². The summed E-state index contributed by atoms with van der Waals surface area (Å²) in [4.78, 5) is 22.0. The zero-order chi connectivity index (χ0) is 17.8. The second-order valence-electron chi connectivity index (χ2n) is 5.96. The Morgan fingerprint density at radius 3 is 2.00 bits per heavy atom. The standard InChI is InChI=1S/C10H11NO2.C9H9NO2/c1-13-8-3-4-9-7(6-8)2-5-10(12)11-9;11-7-2-3-8-6(5-7)1-4-9(12)10-8/h3-4,6H,2,5H2,1H3,(H,11,12);2-3,5,11H,1,4H2,(H,10,12). The summed E-state index contributed by atoms with van der Waals surface area (Å²) in [5, 5.41) is 14.7. The van der Waals surface area contributed by atoms with E-state index in [1.54, 1.807) is 25.3 Å². The summed E-state index contributed by atoms with van der Waals surface area (Å²) in [7, 11) is 1.64. The number of aromatic hydroxyl groups is 1. The minimum Gasteiger partial charge on any atom is -0.508 e. The number of ether oxygens (including phenoxy) is 1. The van der Waals surface area contributed by atoms with Crippen molar-refractivity contribution >= 4 is 23.2 Å².